The Bertz CT molecular complexity index is 915. The molecule has 0 unspecified atom stereocenters. The molecule has 2 aromatic carbocycles. The van der Waals surface area contributed by atoms with Crippen LogP contribution in [0.25, 0.3) is 10.9 Å². The van der Waals surface area contributed by atoms with E-state index in [0.29, 0.717) is 16.8 Å². The molecule has 0 aliphatic carbocycles. The number of carbonyl (C=O) groups is 1. The molecule has 0 saturated carbocycles. The molecule has 23 heavy (non-hydrogen) atoms. The van der Waals surface area contributed by atoms with Gasteiger partial charge < -0.3 is 10.2 Å². The van der Waals surface area contributed by atoms with Gasteiger partial charge in [-0.1, -0.05) is 12.1 Å². The number of nitriles is 1. The van der Waals surface area contributed by atoms with Crippen molar-refractivity contribution < 1.29 is 14.9 Å². The van der Waals surface area contributed by atoms with Crippen LogP contribution in [0.3, 0.4) is 0 Å². The first-order valence-corrected chi connectivity index (χ1v) is 6.73. The molecule has 6 heteroatoms. The van der Waals surface area contributed by atoms with Gasteiger partial charge in [-0.3, -0.25) is 9.78 Å². The van der Waals surface area contributed by atoms with Gasteiger partial charge in [0, 0.05) is 17.3 Å². The second-order valence-corrected chi connectivity index (χ2v) is 4.75. The molecule has 0 aliphatic rings. The van der Waals surface area contributed by atoms with Gasteiger partial charge in [0.15, 0.2) is 0 Å². The number of hydrogen-bond acceptors (Lipinski definition) is 5. The fraction of sp³-hybridized carbons (Fsp3) is 0. The third-order valence-electron chi connectivity index (χ3n) is 3.34. The lowest BCUT2D eigenvalue weighted by molar-refractivity contribution is -0.136. The molecule has 0 fully saturated rings. The quantitative estimate of drug-likeness (QED) is 0.572. The Morgan fingerprint density at radius 3 is 2.65 bits per heavy atom. The molecule has 3 rings (SSSR count). The summed E-state index contributed by atoms with van der Waals surface area (Å²) in [5, 5.41) is 21.3. The van der Waals surface area contributed by atoms with Crippen LogP contribution in [-0.4, -0.2) is 16.1 Å². The number of nitrogens with zero attached hydrogens (tertiary/aromatic N) is 2. The summed E-state index contributed by atoms with van der Waals surface area (Å²) in [6, 6.07) is 15.3. The molecule has 0 atom stereocenters. The minimum atomic E-state index is -0.452. The Hall–Kier alpha value is -3.43. The molecular weight excluding hydrogens is 294 g/mol. The SMILES string of the molecule is N#Cc1ccc(NC(=O)c2ccc3cccnc3c2OO)cc1. The van der Waals surface area contributed by atoms with Crippen molar-refractivity contribution in [2.45, 2.75) is 0 Å². The average Bonchev–Trinajstić information content (AvgIpc) is 2.61. The van der Waals surface area contributed by atoms with E-state index >= 15 is 0 Å². The summed E-state index contributed by atoms with van der Waals surface area (Å²) >= 11 is 0. The van der Waals surface area contributed by atoms with Crippen molar-refractivity contribution in [1.82, 2.24) is 4.98 Å². The van der Waals surface area contributed by atoms with E-state index < -0.39 is 5.91 Å². The summed E-state index contributed by atoms with van der Waals surface area (Å²) < 4.78 is 0. The molecule has 0 saturated heterocycles. The molecule has 1 aromatic heterocycles. The molecule has 3 aromatic rings. The Morgan fingerprint density at radius 2 is 1.96 bits per heavy atom. The van der Waals surface area contributed by atoms with Crippen LogP contribution in [-0.2, 0) is 0 Å². The Kier molecular flexibility index (Phi) is 3.87. The van der Waals surface area contributed by atoms with Crippen LogP contribution in [0.2, 0.25) is 0 Å². The number of anilines is 1. The van der Waals surface area contributed by atoms with Gasteiger partial charge in [0.2, 0.25) is 5.75 Å². The van der Waals surface area contributed by atoms with Crippen LogP contribution in [0.15, 0.2) is 54.7 Å². The minimum absolute atomic E-state index is 0.00533. The standard InChI is InChI=1S/C17H11N3O3/c18-10-11-3-6-13(7-4-11)20-17(21)14-8-5-12-2-1-9-19-15(12)16(14)23-22/h1-9,22H,(H,20,21). The molecule has 112 valence electrons. The largest absolute Gasteiger partial charge is 0.337 e. The van der Waals surface area contributed by atoms with E-state index in [-0.39, 0.29) is 11.3 Å². The first kappa shape index (κ1) is 14.5. The first-order valence-electron chi connectivity index (χ1n) is 6.73. The Morgan fingerprint density at radius 1 is 1.17 bits per heavy atom. The second-order valence-electron chi connectivity index (χ2n) is 4.75. The van der Waals surface area contributed by atoms with E-state index in [2.05, 4.69) is 15.2 Å². The lowest BCUT2D eigenvalue weighted by Gasteiger charge is -2.10. The van der Waals surface area contributed by atoms with Crippen LogP contribution in [0.5, 0.6) is 5.75 Å². The van der Waals surface area contributed by atoms with E-state index in [4.69, 9.17) is 10.5 Å². The summed E-state index contributed by atoms with van der Waals surface area (Å²) in [5.74, 6) is -0.458. The first-order chi connectivity index (χ1) is 11.2. The van der Waals surface area contributed by atoms with Gasteiger partial charge in [0.05, 0.1) is 17.2 Å². The number of hydrogen-bond donors (Lipinski definition) is 2. The van der Waals surface area contributed by atoms with E-state index in [9.17, 15) is 4.79 Å². The number of carbonyl (C=O) groups excluding carboxylic acids is 1. The van der Waals surface area contributed by atoms with Crippen LogP contribution >= 0.6 is 0 Å². The zero-order valence-corrected chi connectivity index (χ0v) is 11.9. The maximum Gasteiger partial charge on any atom is 0.259 e. The van der Waals surface area contributed by atoms with Crippen LogP contribution in [0.1, 0.15) is 15.9 Å². The summed E-state index contributed by atoms with van der Waals surface area (Å²) in [6.45, 7) is 0. The monoisotopic (exact) mass is 305 g/mol. The molecule has 0 radical (unpaired) electrons. The van der Waals surface area contributed by atoms with Gasteiger partial charge in [-0.2, -0.15) is 5.26 Å². The molecule has 1 amide bonds. The van der Waals surface area contributed by atoms with Crippen molar-refractivity contribution in [3.8, 4) is 11.8 Å². The lowest BCUT2D eigenvalue weighted by atomic mass is 10.1. The predicted molar refractivity (Wildman–Crippen MR) is 84.1 cm³/mol. The molecule has 1 heterocycles. The lowest BCUT2D eigenvalue weighted by Crippen LogP contribution is -2.13. The molecule has 0 spiro atoms. The Labute approximate surface area is 131 Å². The summed E-state index contributed by atoms with van der Waals surface area (Å²) in [5.41, 5.74) is 1.57. The highest BCUT2D eigenvalue weighted by atomic mass is 17.1. The van der Waals surface area contributed by atoms with Gasteiger partial charge in [0.1, 0.15) is 5.52 Å². The van der Waals surface area contributed by atoms with Crippen molar-refractivity contribution in [3.63, 3.8) is 0 Å². The summed E-state index contributed by atoms with van der Waals surface area (Å²) in [4.78, 5) is 20.9. The van der Waals surface area contributed by atoms with E-state index in [1.54, 1.807) is 54.7 Å². The number of nitrogens with one attached hydrogen (secondary N) is 1. The highest BCUT2D eigenvalue weighted by molar-refractivity contribution is 6.09. The Balaban J connectivity index is 1.95. The number of amides is 1. The maximum absolute atomic E-state index is 12.4. The fourth-order valence-electron chi connectivity index (χ4n) is 2.22. The van der Waals surface area contributed by atoms with Crippen LogP contribution in [0.4, 0.5) is 5.69 Å². The maximum atomic E-state index is 12.4. The molecular formula is C17H11N3O3. The number of aromatic nitrogens is 1. The van der Waals surface area contributed by atoms with E-state index in [1.165, 1.54) is 0 Å². The van der Waals surface area contributed by atoms with Gasteiger partial charge >= 0.3 is 0 Å². The summed E-state index contributed by atoms with van der Waals surface area (Å²) in [6.07, 6.45) is 1.55. The third-order valence-corrected chi connectivity index (χ3v) is 3.34. The van der Waals surface area contributed by atoms with Gasteiger partial charge in [-0.05, 0) is 36.4 Å². The number of fused-ring (bicyclic) bond motifs is 1. The molecule has 0 aliphatic heterocycles. The zero-order valence-electron chi connectivity index (χ0n) is 11.9. The van der Waals surface area contributed by atoms with Gasteiger partial charge in [0.25, 0.3) is 5.91 Å². The third kappa shape index (κ3) is 2.81. The van der Waals surface area contributed by atoms with Gasteiger partial charge in [-0.15, -0.1) is 0 Å². The molecule has 6 nitrogen and oxygen atoms in total. The van der Waals surface area contributed by atoms with Crippen molar-refractivity contribution in [1.29, 1.82) is 5.26 Å². The van der Waals surface area contributed by atoms with Crippen molar-refractivity contribution in [2.24, 2.45) is 0 Å². The van der Waals surface area contributed by atoms with Crippen molar-refractivity contribution >= 4 is 22.5 Å². The average molecular weight is 305 g/mol. The highest BCUT2D eigenvalue weighted by Gasteiger charge is 2.17. The van der Waals surface area contributed by atoms with Gasteiger partial charge in [-0.25, -0.2) is 5.26 Å². The highest BCUT2D eigenvalue weighted by Crippen LogP contribution is 2.28. The zero-order chi connectivity index (χ0) is 16.2. The topological polar surface area (TPSA) is 95.2 Å². The van der Waals surface area contributed by atoms with Crippen molar-refractivity contribution in [3.05, 3.63) is 65.9 Å². The second kappa shape index (κ2) is 6.13. The number of benzene rings is 2. The normalized spacial score (nSPS) is 10.1. The number of rotatable bonds is 3. The molecule has 0 bridgehead atoms. The fourth-order valence-corrected chi connectivity index (χ4v) is 2.22. The molecule has 2 N–H and O–H groups in total. The minimum Gasteiger partial charge on any atom is -0.337 e. The predicted octanol–water partition coefficient (Wildman–Crippen LogP) is 3.21. The van der Waals surface area contributed by atoms with E-state index in [1.807, 2.05) is 6.07 Å². The van der Waals surface area contributed by atoms with Crippen LogP contribution in [0, 0.1) is 11.3 Å². The summed E-state index contributed by atoms with van der Waals surface area (Å²) in [7, 11) is 0. The van der Waals surface area contributed by atoms with Crippen molar-refractivity contribution in [2.75, 3.05) is 5.32 Å². The smallest absolute Gasteiger partial charge is 0.259 e. The number of pyridine rings is 1. The van der Waals surface area contributed by atoms with Crippen LogP contribution < -0.4 is 10.2 Å². The van der Waals surface area contributed by atoms with E-state index in [0.717, 1.165) is 5.39 Å².